The van der Waals surface area contributed by atoms with Crippen LogP contribution in [0.5, 0.6) is 0 Å². The maximum absolute atomic E-state index is 4.84. The summed E-state index contributed by atoms with van der Waals surface area (Å²) in [6.07, 6.45) is 6.33. The summed E-state index contributed by atoms with van der Waals surface area (Å²) in [5.41, 5.74) is 5.27. The lowest BCUT2D eigenvalue weighted by atomic mass is 10.00. The summed E-state index contributed by atoms with van der Waals surface area (Å²) >= 11 is 0. The van der Waals surface area contributed by atoms with E-state index in [0.29, 0.717) is 0 Å². The maximum atomic E-state index is 4.84. The van der Waals surface area contributed by atoms with Gasteiger partial charge in [0.15, 0.2) is 0 Å². The van der Waals surface area contributed by atoms with Crippen molar-refractivity contribution < 1.29 is 0 Å². The fourth-order valence-corrected chi connectivity index (χ4v) is 3.40. The van der Waals surface area contributed by atoms with Gasteiger partial charge in [-0.3, -0.25) is 0 Å². The van der Waals surface area contributed by atoms with Crippen molar-refractivity contribution in [1.29, 1.82) is 0 Å². The van der Waals surface area contributed by atoms with Gasteiger partial charge in [0, 0.05) is 31.0 Å². The van der Waals surface area contributed by atoms with Gasteiger partial charge in [0.05, 0.1) is 17.1 Å². The lowest BCUT2D eigenvalue weighted by molar-refractivity contribution is 0.434. The summed E-state index contributed by atoms with van der Waals surface area (Å²) < 4.78 is 1.93. The molecule has 5 heteroatoms. The van der Waals surface area contributed by atoms with Gasteiger partial charge in [-0.15, -0.1) is 0 Å². The molecule has 2 aromatic heterocycles. The molecule has 26 heavy (non-hydrogen) atoms. The lowest BCUT2D eigenvalue weighted by Gasteiger charge is -2.30. The molecule has 1 saturated heterocycles. The second-order valence-corrected chi connectivity index (χ2v) is 7.32. The third-order valence-electron chi connectivity index (χ3n) is 5.18. The molecule has 0 amide bonds. The first-order chi connectivity index (χ1) is 12.6. The van der Waals surface area contributed by atoms with Crippen molar-refractivity contribution >= 4 is 5.95 Å². The van der Waals surface area contributed by atoms with E-state index in [0.717, 1.165) is 47.6 Å². The molecule has 4 rings (SSSR count). The number of hydrogen-bond donors (Lipinski definition) is 0. The molecule has 0 saturated carbocycles. The summed E-state index contributed by atoms with van der Waals surface area (Å²) in [4.78, 5) is 11.6. The van der Waals surface area contributed by atoms with Gasteiger partial charge in [-0.1, -0.05) is 24.6 Å². The number of aryl methyl sites for hydroxylation is 2. The topological polar surface area (TPSA) is 46.8 Å². The van der Waals surface area contributed by atoms with Crippen LogP contribution in [-0.4, -0.2) is 32.8 Å². The minimum atomic E-state index is 0.796. The summed E-state index contributed by atoms with van der Waals surface area (Å²) in [5.74, 6) is 1.63. The Morgan fingerprint density at radius 3 is 2.46 bits per heavy atom. The van der Waals surface area contributed by atoms with Gasteiger partial charge >= 0.3 is 0 Å². The summed E-state index contributed by atoms with van der Waals surface area (Å²) in [6, 6.07) is 10.4. The van der Waals surface area contributed by atoms with Crippen LogP contribution in [0.1, 0.15) is 31.0 Å². The zero-order chi connectivity index (χ0) is 18.1. The fourth-order valence-electron chi connectivity index (χ4n) is 3.40. The van der Waals surface area contributed by atoms with E-state index in [2.05, 4.69) is 59.3 Å². The first-order valence-electron chi connectivity index (χ1n) is 9.32. The number of piperidine rings is 1. The molecular formula is C21H25N5. The Labute approximate surface area is 154 Å². The van der Waals surface area contributed by atoms with Gasteiger partial charge in [0.2, 0.25) is 5.95 Å². The van der Waals surface area contributed by atoms with Crippen LogP contribution < -0.4 is 4.90 Å². The highest BCUT2D eigenvalue weighted by Crippen LogP contribution is 2.25. The predicted molar refractivity (Wildman–Crippen MR) is 105 cm³/mol. The molecule has 0 aliphatic carbocycles. The molecule has 0 unspecified atom stereocenters. The molecule has 134 valence electrons. The summed E-state index contributed by atoms with van der Waals surface area (Å²) in [7, 11) is 0. The molecule has 5 nitrogen and oxygen atoms in total. The van der Waals surface area contributed by atoms with Gasteiger partial charge in [-0.25, -0.2) is 14.6 Å². The summed E-state index contributed by atoms with van der Waals surface area (Å²) in [5, 5.41) is 4.68. The minimum Gasteiger partial charge on any atom is -0.341 e. The molecule has 1 aromatic carbocycles. The number of nitrogens with zero attached hydrogens (tertiary/aromatic N) is 5. The lowest BCUT2D eigenvalue weighted by Crippen LogP contribution is -2.34. The SMILES string of the molecule is Cc1ccc(-n2cc(-c3ccnc(N4CCC(C)CC4)n3)c(C)n2)cc1. The van der Waals surface area contributed by atoms with Crippen LogP contribution in [0.15, 0.2) is 42.7 Å². The molecular weight excluding hydrogens is 322 g/mol. The molecule has 3 heterocycles. The Balaban J connectivity index is 1.63. The Morgan fingerprint density at radius 2 is 1.73 bits per heavy atom. The zero-order valence-electron chi connectivity index (χ0n) is 15.7. The second kappa shape index (κ2) is 6.90. The second-order valence-electron chi connectivity index (χ2n) is 7.32. The molecule has 0 radical (unpaired) electrons. The van der Waals surface area contributed by atoms with E-state index >= 15 is 0 Å². The molecule has 1 fully saturated rings. The van der Waals surface area contributed by atoms with Gasteiger partial charge in [0.1, 0.15) is 0 Å². The van der Waals surface area contributed by atoms with E-state index in [9.17, 15) is 0 Å². The van der Waals surface area contributed by atoms with E-state index in [-0.39, 0.29) is 0 Å². The normalized spacial score (nSPS) is 15.4. The predicted octanol–water partition coefficient (Wildman–Crippen LogP) is 4.18. The Morgan fingerprint density at radius 1 is 1.00 bits per heavy atom. The van der Waals surface area contributed by atoms with Gasteiger partial charge in [-0.05, 0) is 50.8 Å². The summed E-state index contributed by atoms with van der Waals surface area (Å²) in [6.45, 7) is 8.51. The average Bonchev–Trinajstić information content (AvgIpc) is 3.05. The monoisotopic (exact) mass is 347 g/mol. The van der Waals surface area contributed by atoms with Crippen molar-refractivity contribution in [2.24, 2.45) is 5.92 Å². The average molecular weight is 347 g/mol. The van der Waals surface area contributed by atoms with Crippen molar-refractivity contribution in [3.63, 3.8) is 0 Å². The quantitative estimate of drug-likeness (QED) is 0.713. The molecule has 0 N–H and O–H groups in total. The maximum Gasteiger partial charge on any atom is 0.225 e. The van der Waals surface area contributed by atoms with Crippen LogP contribution in [0, 0.1) is 19.8 Å². The third-order valence-corrected chi connectivity index (χ3v) is 5.18. The number of anilines is 1. The van der Waals surface area contributed by atoms with Gasteiger partial charge in [0.25, 0.3) is 0 Å². The highest BCUT2D eigenvalue weighted by molar-refractivity contribution is 5.62. The highest BCUT2D eigenvalue weighted by Gasteiger charge is 2.19. The zero-order valence-corrected chi connectivity index (χ0v) is 15.7. The first kappa shape index (κ1) is 16.8. The van der Waals surface area contributed by atoms with E-state index in [4.69, 9.17) is 4.98 Å². The number of rotatable bonds is 3. The van der Waals surface area contributed by atoms with E-state index < -0.39 is 0 Å². The number of benzene rings is 1. The first-order valence-corrected chi connectivity index (χ1v) is 9.32. The Kier molecular flexibility index (Phi) is 4.45. The minimum absolute atomic E-state index is 0.796. The molecule has 0 spiro atoms. The Bertz CT molecular complexity index is 889. The van der Waals surface area contributed by atoms with Crippen molar-refractivity contribution in [2.75, 3.05) is 18.0 Å². The number of aromatic nitrogens is 4. The van der Waals surface area contributed by atoms with Crippen LogP contribution in [0.25, 0.3) is 16.9 Å². The molecule has 0 atom stereocenters. The smallest absolute Gasteiger partial charge is 0.225 e. The van der Waals surface area contributed by atoms with Crippen molar-refractivity contribution in [2.45, 2.75) is 33.6 Å². The van der Waals surface area contributed by atoms with Gasteiger partial charge in [-0.2, -0.15) is 5.10 Å². The van der Waals surface area contributed by atoms with Crippen molar-refractivity contribution in [3.05, 3.63) is 54.0 Å². The van der Waals surface area contributed by atoms with Crippen molar-refractivity contribution in [3.8, 4) is 16.9 Å². The molecule has 1 aliphatic rings. The highest BCUT2D eigenvalue weighted by atomic mass is 15.3. The van der Waals surface area contributed by atoms with Crippen molar-refractivity contribution in [1.82, 2.24) is 19.7 Å². The number of hydrogen-bond acceptors (Lipinski definition) is 4. The Hall–Kier alpha value is -2.69. The van der Waals surface area contributed by atoms with Crippen LogP contribution in [0.2, 0.25) is 0 Å². The van der Waals surface area contributed by atoms with Crippen LogP contribution >= 0.6 is 0 Å². The standard InChI is InChI=1S/C21H25N5/c1-15-4-6-18(7-5-15)26-14-19(17(3)24-26)20-8-11-22-21(23-20)25-12-9-16(2)10-13-25/h4-8,11,14,16H,9-10,12-13H2,1-3H3. The van der Waals surface area contributed by atoms with Crippen LogP contribution in [0.3, 0.4) is 0 Å². The van der Waals surface area contributed by atoms with Crippen LogP contribution in [-0.2, 0) is 0 Å². The van der Waals surface area contributed by atoms with E-state index in [1.807, 2.05) is 23.9 Å². The van der Waals surface area contributed by atoms with Gasteiger partial charge < -0.3 is 4.90 Å². The molecule has 3 aromatic rings. The largest absolute Gasteiger partial charge is 0.341 e. The molecule has 0 bridgehead atoms. The van der Waals surface area contributed by atoms with E-state index in [1.165, 1.54) is 18.4 Å². The van der Waals surface area contributed by atoms with Crippen LogP contribution in [0.4, 0.5) is 5.95 Å². The fraction of sp³-hybridized carbons (Fsp3) is 0.381. The third kappa shape index (κ3) is 3.34. The molecule has 1 aliphatic heterocycles. The van der Waals surface area contributed by atoms with E-state index in [1.54, 1.807) is 0 Å².